The van der Waals surface area contributed by atoms with Gasteiger partial charge in [-0.15, -0.1) is 0 Å². The van der Waals surface area contributed by atoms with Crippen LogP contribution in [0, 0.1) is 0 Å². The zero-order valence-corrected chi connectivity index (χ0v) is 11.9. The summed E-state index contributed by atoms with van der Waals surface area (Å²) in [6.45, 7) is 4.53. The maximum atomic E-state index is 12.1. The highest BCUT2D eigenvalue weighted by molar-refractivity contribution is 7.80. The molecule has 0 aliphatic heterocycles. The fraction of sp³-hybridized carbons (Fsp3) is 0.467. The third kappa shape index (κ3) is 4.57. The van der Waals surface area contributed by atoms with Gasteiger partial charge in [-0.05, 0) is 37.5 Å². The molecule has 0 fully saturated rings. The van der Waals surface area contributed by atoms with Gasteiger partial charge in [-0.25, -0.2) is 0 Å². The van der Waals surface area contributed by atoms with E-state index in [-0.39, 0.29) is 12.2 Å². The van der Waals surface area contributed by atoms with E-state index in [0.29, 0.717) is 11.7 Å². The molecule has 18 heavy (non-hydrogen) atoms. The molecule has 0 amide bonds. The van der Waals surface area contributed by atoms with Gasteiger partial charge in [0, 0.05) is 5.56 Å². The van der Waals surface area contributed by atoms with Crippen LogP contribution in [0.25, 0.3) is 0 Å². The molecule has 0 aliphatic carbocycles. The molecule has 1 rings (SSSR count). The summed E-state index contributed by atoms with van der Waals surface area (Å²) in [6.07, 6.45) is 3.37. The van der Waals surface area contributed by atoms with Crippen LogP contribution in [-0.2, 0) is 11.2 Å². The number of unbranched alkanes of at least 4 members (excludes halogenated alkanes) is 1. The first-order chi connectivity index (χ1) is 8.69. The van der Waals surface area contributed by atoms with E-state index in [1.807, 2.05) is 31.2 Å². The first-order valence-corrected chi connectivity index (χ1v) is 6.86. The Morgan fingerprint density at radius 1 is 1.28 bits per heavy atom. The van der Waals surface area contributed by atoms with Crippen LogP contribution in [0.4, 0.5) is 0 Å². The molecular weight excluding hydrogens is 244 g/mol. The molecule has 0 bridgehead atoms. The number of thiocarbonyl (C=S) groups is 1. The predicted octanol–water partition coefficient (Wildman–Crippen LogP) is 3.97. The first kappa shape index (κ1) is 14.8. The smallest absolute Gasteiger partial charge is 0.171 e. The fourth-order valence-corrected chi connectivity index (χ4v) is 2.06. The van der Waals surface area contributed by atoms with Crippen LogP contribution in [-0.4, -0.2) is 17.4 Å². The molecule has 0 unspecified atom stereocenters. The van der Waals surface area contributed by atoms with E-state index in [0.717, 1.165) is 30.4 Å². The van der Waals surface area contributed by atoms with Crippen molar-refractivity contribution in [1.82, 2.24) is 0 Å². The zero-order valence-electron chi connectivity index (χ0n) is 11.1. The normalized spacial score (nSPS) is 10.1. The van der Waals surface area contributed by atoms with Crippen molar-refractivity contribution >= 4 is 23.1 Å². The van der Waals surface area contributed by atoms with Crippen LogP contribution in [0.1, 0.15) is 49.0 Å². The molecule has 98 valence electrons. The molecule has 3 heteroatoms. The molecule has 2 nitrogen and oxygen atoms in total. The first-order valence-electron chi connectivity index (χ1n) is 6.45. The lowest BCUT2D eigenvalue weighted by molar-refractivity contribution is 0.0993. The average molecular weight is 264 g/mol. The Morgan fingerprint density at radius 2 is 2.00 bits per heavy atom. The Morgan fingerprint density at radius 3 is 2.67 bits per heavy atom. The van der Waals surface area contributed by atoms with Crippen LogP contribution < -0.4 is 0 Å². The number of benzene rings is 1. The monoisotopic (exact) mass is 264 g/mol. The molecule has 0 saturated heterocycles. The van der Waals surface area contributed by atoms with E-state index < -0.39 is 0 Å². The van der Waals surface area contributed by atoms with E-state index in [1.165, 1.54) is 0 Å². The van der Waals surface area contributed by atoms with Crippen molar-refractivity contribution < 1.29 is 9.53 Å². The molecule has 1 aromatic carbocycles. The van der Waals surface area contributed by atoms with Crippen molar-refractivity contribution in [2.75, 3.05) is 6.61 Å². The standard InChI is InChI=1S/C15H20O2S/c1-3-5-8-12-9-6-7-10-13(12)14(16)11-15(18)17-4-2/h6-7,9-10H,3-5,8,11H2,1-2H3. The third-order valence-corrected chi connectivity index (χ3v) is 2.99. The van der Waals surface area contributed by atoms with Crippen molar-refractivity contribution in [2.45, 2.75) is 39.5 Å². The van der Waals surface area contributed by atoms with Gasteiger partial charge < -0.3 is 4.74 Å². The number of aryl methyl sites for hydroxylation is 1. The quantitative estimate of drug-likeness (QED) is 0.550. The Bertz CT molecular complexity index is 413. The van der Waals surface area contributed by atoms with Gasteiger partial charge in [-0.3, -0.25) is 4.79 Å². The second kappa shape index (κ2) is 7.98. The summed E-state index contributed by atoms with van der Waals surface area (Å²) in [4.78, 5) is 12.1. The molecular formula is C15H20O2S. The molecule has 1 aromatic rings. The number of hydrogen-bond donors (Lipinski definition) is 0. The second-order valence-corrected chi connectivity index (χ2v) is 4.62. The summed E-state index contributed by atoms with van der Waals surface area (Å²) in [6, 6.07) is 7.77. The third-order valence-electron chi connectivity index (χ3n) is 2.73. The van der Waals surface area contributed by atoms with Crippen LogP contribution in [0.5, 0.6) is 0 Å². The van der Waals surface area contributed by atoms with Crippen molar-refractivity contribution in [2.24, 2.45) is 0 Å². The summed E-state index contributed by atoms with van der Waals surface area (Å²) >= 11 is 5.02. The van der Waals surface area contributed by atoms with E-state index in [9.17, 15) is 4.79 Å². The van der Waals surface area contributed by atoms with E-state index in [1.54, 1.807) is 0 Å². The van der Waals surface area contributed by atoms with Gasteiger partial charge >= 0.3 is 0 Å². The minimum Gasteiger partial charge on any atom is -0.487 e. The number of rotatable bonds is 7. The average Bonchev–Trinajstić information content (AvgIpc) is 2.36. The second-order valence-electron chi connectivity index (χ2n) is 4.17. The van der Waals surface area contributed by atoms with Gasteiger partial charge in [0.25, 0.3) is 0 Å². The number of hydrogen-bond acceptors (Lipinski definition) is 3. The van der Waals surface area contributed by atoms with Crippen LogP contribution >= 0.6 is 12.2 Å². The van der Waals surface area contributed by atoms with E-state index in [2.05, 4.69) is 6.92 Å². The highest BCUT2D eigenvalue weighted by atomic mass is 32.1. The van der Waals surface area contributed by atoms with Gasteiger partial charge in [-0.1, -0.05) is 37.6 Å². The highest BCUT2D eigenvalue weighted by Gasteiger charge is 2.13. The lowest BCUT2D eigenvalue weighted by atomic mass is 9.98. The zero-order chi connectivity index (χ0) is 13.4. The Hall–Kier alpha value is -1.22. The van der Waals surface area contributed by atoms with Gasteiger partial charge in [0.05, 0.1) is 13.0 Å². The van der Waals surface area contributed by atoms with Gasteiger partial charge in [0.1, 0.15) is 0 Å². The lowest BCUT2D eigenvalue weighted by Crippen LogP contribution is -2.11. The minimum atomic E-state index is 0.0557. The largest absolute Gasteiger partial charge is 0.487 e. The van der Waals surface area contributed by atoms with Crippen LogP contribution in [0.2, 0.25) is 0 Å². The molecule has 0 spiro atoms. The molecule has 0 saturated carbocycles. The minimum absolute atomic E-state index is 0.0557. The van der Waals surface area contributed by atoms with E-state index in [4.69, 9.17) is 17.0 Å². The van der Waals surface area contributed by atoms with Crippen molar-refractivity contribution in [3.05, 3.63) is 35.4 Å². The summed E-state index contributed by atoms with van der Waals surface area (Å²) in [7, 11) is 0. The maximum absolute atomic E-state index is 12.1. The molecule has 0 radical (unpaired) electrons. The fourth-order valence-electron chi connectivity index (χ4n) is 1.82. The highest BCUT2D eigenvalue weighted by Crippen LogP contribution is 2.14. The van der Waals surface area contributed by atoms with Gasteiger partial charge in [-0.2, -0.15) is 0 Å². The Labute approximate surface area is 114 Å². The SMILES string of the molecule is CCCCc1ccccc1C(=O)CC(=S)OCC. The van der Waals surface area contributed by atoms with Crippen molar-refractivity contribution in [3.8, 4) is 0 Å². The molecule has 0 aliphatic rings. The van der Waals surface area contributed by atoms with Crippen LogP contribution in [0.3, 0.4) is 0 Å². The Balaban J connectivity index is 2.75. The van der Waals surface area contributed by atoms with Crippen molar-refractivity contribution in [3.63, 3.8) is 0 Å². The topological polar surface area (TPSA) is 26.3 Å². The summed E-state index contributed by atoms with van der Waals surface area (Å²) in [5, 5.41) is 0.382. The Kier molecular flexibility index (Phi) is 6.58. The van der Waals surface area contributed by atoms with E-state index >= 15 is 0 Å². The molecule has 0 N–H and O–H groups in total. The molecule has 0 atom stereocenters. The summed E-state index contributed by atoms with van der Waals surface area (Å²) in [5.74, 6) is 0.0557. The lowest BCUT2D eigenvalue weighted by Gasteiger charge is -2.09. The number of ketones is 1. The predicted molar refractivity (Wildman–Crippen MR) is 78.2 cm³/mol. The number of ether oxygens (including phenoxy) is 1. The summed E-state index contributed by atoms with van der Waals surface area (Å²) < 4.78 is 5.17. The molecule has 0 aromatic heterocycles. The molecule has 0 heterocycles. The maximum Gasteiger partial charge on any atom is 0.171 e. The number of carbonyl (C=O) groups excluding carboxylic acids is 1. The van der Waals surface area contributed by atoms with Gasteiger partial charge in [0.15, 0.2) is 10.8 Å². The van der Waals surface area contributed by atoms with Crippen molar-refractivity contribution in [1.29, 1.82) is 0 Å². The number of carbonyl (C=O) groups is 1. The van der Waals surface area contributed by atoms with Crippen LogP contribution in [0.15, 0.2) is 24.3 Å². The summed E-state index contributed by atoms with van der Waals surface area (Å²) in [5.41, 5.74) is 1.90. The van der Waals surface area contributed by atoms with Gasteiger partial charge in [0.2, 0.25) is 0 Å². The number of Topliss-reactive ketones (excluding diaryl/α,β-unsaturated/α-hetero) is 1.